The van der Waals surface area contributed by atoms with Gasteiger partial charge < -0.3 is 10.3 Å². The van der Waals surface area contributed by atoms with Crippen LogP contribution in [0.4, 0.5) is 11.5 Å². The summed E-state index contributed by atoms with van der Waals surface area (Å²) in [5.41, 5.74) is 2.26. The van der Waals surface area contributed by atoms with Gasteiger partial charge in [0.15, 0.2) is 5.16 Å². The second kappa shape index (κ2) is 8.56. The Morgan fingerprint density at radius 3 is 2.50 bits per heavy atom. The average Bonchev–Trinajstić information content (AvgIpc) is 3.16. The summed E-state index contributed by atoms with van der Waals surface area (Å²) in [6.07, 6.45) is 1.50. The number of para-hydroxylation sites is 2. The standard InChI is InChI=1S/C20H17N5O3S2/c26-19(13-29-20-23-16-5-1-2-6-17(16)24-20)22-14-8-10-15(11-9-14)30(27,28)25-18-7-3-4-12-21-18/h1-12H,13H2,(H,21,25)(H,22,26)(H,23,24). The fraction of sp³-hybridized carbons (Fsp3) is 0.0500. The molecule has 2 aromatic carbocycles. The van der Waals surface area contributed by atoms with Crippen molar-refractivity contribution in [1.29, 1.82) is 0 Å². The number of aromatic amines is 1. The summed E-state index contributed by atoms with van der Waals surface area (Å²) in [4.78, 5) is 23.8. The van der Waals surface area contributed by atoms with Crippen LogP contribution in [-0.4, -0.2) is 35.0 Å². The second-order valence-electron chi connectivity index (χ2n) is 6.24. The topological polar surface area (TPSA) is 117 Å². The van der Waals surface area contributed by atoms with E-state index < -0.39 is 10.0 Å². The molecular formula is C20H17N5O3S2. The minimum atomic E-state index is -3.76. The van der Waals surface area contributed by atoms with Gasteiger partial charge in [-0.2, -0.15) is 0 Å². The first-order valence-electron chi connectivity index (χ1n) is 8.91. The molecule has 0 aliphatic heterocycles. The molecular weight excluding hydrogens is 422 g/mol. The Hall–Kier alpha value is -3.37. The van der Waals surface area contributed by atoms with Crippen LogP contribution in [-0.2, 0) is 14.8 Å². The van der Waals surface area contributed by atoms with Crippen molar-refractivity contribution >= 4 is 50.2 Å². The van der Waals surface area contributed by atoms with E-state index in [0.29, 0.717) is 10.8 Å². The number of H-pyrrole nitrogens is 1. The molecule has 4 rings (SSSR count). The second-order valence-corrected chi connectivity index (χ2v) is 8.89. The molecule has 0 aliphatic rings. The molecule has 3 N–H and O–H groups in total. The monoisotopic (exact) mass is 439 g/mol. The van der Waals surface area contributed by atoms with Crippen LogP contribution in [0.5, 0.6) is 0 Å². The summed E-state index contributed by atoms with van der Waals surface area (Å²) in [5.74, 6) is 0.182. The first-order chi connectivity index (χ1) is 14.5. The van der Waals surface area contributed by atoms with E-state index in [0.717, 1.165) is 11.0 Å². The maximum Gasteiger partial charge on any atom is 0.263 e. The van der Waals surface area contributed by atoms with Gasteiger partial charge >= 0.3 is 0 Å². The minimum Gasteiger partial charge on any atom is -0.333 e. The highest BCUT2D eigenvalue weighted by Crippen LogP contribution is 2.20. The maximum atomic E-state index is 12.4. The molecule has 10 heteroatoms. The summed E-state index contributed by atoms with van der Waals surface area (Å²) in [6, 6.07) is 18.5. The van der Waals surface area contributed by atoms with Gasteiger partial charge in [-0.25, -0.2) is 18.4 Å². The van der Waals surface area contributed by atoms with E-state index in [1.54, 1.807) is 18.2 Å². The number of anilines is 2. The Balaban J connectivity index is 1.35. The highest BCUT2D eigenvalue weighted by molar-refractivity contribution is 7.99. The van der Waals surface area contributed by atoms with Gasteiger partial charge in [-0.15, -0.1) is 0 Å². The lowest BCUT2D eigenvalue weighted by molar-refractivity contribution is -0.113. The summed E-state index contributed by atoms with van der Waals surface area (Å²) in [6.45, 7) is 0. The zero-order chi connectivity index (χ0) is 21.0. The SMILES string of the molecule is O=C(CSc1nc2ccccc2[nH]1)Nc1ccc(S(=O)(=O)Nc2ccccn2)cc1. The predicted molar refractivity (Wildman–Crippen MR) is 117 cm³/mol. The normalized spacial score (nSPS) is 11.3. The number of nitrogens with one attached hydrogen (secondary N) is 3. The third-order valence-corrected chi connectivity index (χ3v) is 6.30. The van der Waals surface area contributed by atoms with Gasteiger partial charge in [-0.1, -0.05) is 30.0 Å². The first-order valence-corrected chi connectivity index (χ1v) is 11.4. The van der Waals surface area contributed by atoms with Crippen LogP contribution in [0.15, 0.2) is 83.0 Å². The van der Waals surface area contributed by atoms with Gasteiger partial charge in [-0.05, 0) is 48.5 Å². The van der Waals surface area contributed by atoms with Gasteiger partial charge in [0.2, 0.25) is 5.91 Å². The molecule has 0 saturated carbocycles. The maximum absolute atomic E-state index is 12.4. The molecule has 152 valence electrons. The number of sulfonamides is 1. The van der Waals surface area contributed by atoms with Gasteiger partial charge in [-0.3, -0.25) is 9.52 Å². The number of thioether (sulfide) groups is 1. The molecule has 0 bridgehead atoms. The quantitative estimate of drug-likeness (QED) is 0.380. The van der Waals surface area contributed by atoms with E-state index in [2.05, 4.69) is 25.0 Å². The molecule has 0 saturated heterocycles. The minimum absolute atomic E-state index is 0.0720. The van der Waals surface area contributed by atoms with Gasteiger partial charge in [0.05, 0.1) is 21.7 Å². The number of fused-ring (bicyclic) bond motifs is 1. The Bertz CT molecular complexity index is 1240. The van der Waals surface area contributed by atoms with Crippen LogP contribution in [0, 0.1) is 0 Å². The zero-order valence-electron chi connectivity index (χ0n) is 15.6. The summed E-state index contributed by atoms with van der Waals surface area (Å²) >= 11 is 1.29. The van der Waals surface area contributed by atoms with Crippen molar-refractivity contribution in [2.24, 2.45) is 0 Å². The molecule has 4 aromatic rings. The van der Waals surface area contributed by atoms with Crippen LogP contribution in [0.3, 0.4) is 0 Å². The van der Waals surface area contributed by atoms with Crippen molar-refractivity contribution in [3.63, 3.8) is 0 Å². The molecule has 0 spiro atoms. The number of carbonyl (C=O) groups is 1. The van der Waals surface area contributed by atoms with E-state index in [-0.39, 0.29) is 22.4 Å². The molecule has 30 heavy (non-hydrogen) atoms. The van der Waals surface area contributed by atoms with Crippen molar-refractivity contribution in [2.75, 3.05) is 15.8 Å². The number of hydrogen-bond acceptors (Lipinski definition) is 6. The Kier molecular flexibility index (Phi) is 5.68. The molecule has 0 unspecified atom stereocenters. The van der Waals surface area contributed by atoms with E-state index in [4.69, 9.17) is 0 Å². The van der Waals surface area contributed by atoms with Crippen molar-refractivity contribution in [2.45, 2.75) is 10.1 Å². The largest absolute Gasteiger partial charge is 0.333 e. The lowest BCUT2D eigenvalue weighted by Gasteiger charge is -2.08. The summed E-state index contributed by atoms with van der Waals surface area (Å²) in [7, 11) is -3.76. The van der Waals surface area contributed by atoms with Crippen molar-refractivity contribution in [3.8, 4) is 0 Å². The number of rotatable bonds is 7. The average molecular weight is 440 g/mol. The fourth-order valence-corrected chi connectivity index (χ4v) is 4.36. The molecule has 0 radical (unpaired) electrons. The molecule has 0 atom stereocenters. The Labute approximate surface area is 177 Å². The molecule has 2 aromatic heterocycles. The van der Waals surface area contributed by atoms with Crippen molar-refractivity contribution in [1.82, 2.24) is 15.0 Å². The van der Waals surface area contributed by atoms with Gasteiger partial charge in [0.25, 0.3) is 10.0 Å². The van der Waals surface area contributed by atoms with Gasteiger partial charge in [0, 0.05) is 11.9 Å². The number of benzene rings is 2. The number of hydrogen-bond donors (Lipinski definition) is 3. The van der Waals surface area contributed by atoms with Crippen LogP contribution in [0.1, 0.15) is 0 Å². The molecule has 0 aliphatic carbocycles. The lowest BCUT2D eigenvalue weighted by Crippen LogP contribution is -2.15. The number of imidazole rings is 1. The molecule has 0 fully saturated rings. The summed E-state index contributed by atoms with van der Waals surface area (Å²) < 4.78 is 27.2. The third kappa shape index (κ3) is 4.78. The zero-order valence-corrected chi connectivity index (χ0v) is 17.2. The highest BCUT2D eigenvalue weighted by Gasteiger charge is 2.15. The first kappa shape index (κ1) is 19.9. The number of pyridine rings is 1. The Morgan fingerprint density at radius 2 is 1.77 bits per heavy atom. The van der Waals surface area contributed by atoms with E-state index in [1.165, 1.54) is 42.2 Å². The highest BCUT2D eigenvalue weighted by atomic mass is 32.2. The number of carbonyl (C=O) groups excluding carboxylic acids is 1. The lowest BCUT2D eigenvalue weighted by atomic mass is 10.3. The number of aromatic nitrogens is 3. The van der Waals surface area contributed by atoms with Crippen LogP contribution in [0.2, 0.25) is 0 Å². The van der Waals surface area contributed by atoms with Crippen molar-refractivity contribution in [3.05, 3.63) is 72.9 Å². The van der Waals surface area contributed by atoms with Gasteiger partial charge in [0.1, 0.15) is 5.82 Å². The molecule has 8 nitrogen and oxygen atoms in total. The van der Waals surface area contributed by atoms with Crippen molar-refractivity contribution < 1.29 is 13.2 Å². The van der Waals surface area contributed by atoms with Crippen LogP contribution in [0.25, 0.3) is 11.0 Å². The van der Waals surface area contributed by atoms with Crippen LogP contribution >= 0.6 is 11.8 Å². The summed E-state index contributed by atoms with van der Waals surface area (Å²) in [5, 5.41) is 3.41. The van der Waals surface area contributed by atoms with E-state index in [1.807, 2.05) is 24.3 Å². The van der Waals surface area contributed by atoms with Crippen LogP contribution < -0.4 is 10.0 Å². The fourth-order valence-electron chi connectivity index (χ4n) is 2.67. The smallest absolute Gasteiger partial charge is 0.263 e. The van der Waals surface area contributed by atoms with E-state index >= 15 is 0 Å². The van der Waals surface area contributed by atoms with E-state index in [9.17, 15) is 13.2 Å². The predicted octanol–water partition coefficient (Wildman–Crippen LogP) is 3.49. The third-order valence-electron chi connectivity index (χ3n) is 4.06. The Morgan fingerprint density at radius 1 is 1.00 bits per heavy atom. The molecule has 2 heterocycles. The number of nitrogens with zero attached hydrogens (tertiary/aromatic N) is 2. The molecule has 1 amide bonds. The number of amides is 1.